The molecule has 0 bridgehead atoms. The molecule has 14 heavy (non-hydrogen) atoms. The molecule has 0 unspecified atom stereocenters. The van der Waals surface area contributed by atoms with Crippen LogP contribution in [0.5, 0.6) is 0 Å². The molecule has 0 radical (unpaired) electrons. The zero-order chi connectivity index (χ0) is 10.8. The molecule has 1 heterocycles. The number of hydrogen-bond acceptors (Lipinski definition) is 4. The molecule has 0 spiro atoms. The lowest BCUT2D eigenvalue weighted by Gasteiger charge is -2.03. The number of aryl methyl sites for hydroxylation is 1. The molecule has 0 saturated heterocycles. The van der Waals surface area contributed by atoms with E-state index in [1.54, 1.807) is 6.92 Å². The van der Waals surface area contributed by atoms with Gasteiger partial charge in [0, 0.05) is 5.56 Å². The summed E-state index contributed by atoms with van der Waals surface area (Å²) >= 11 is 0. The van der Waals surface area contributed by atoms with Crippen LogP contribution in [-0.2, 0) is 14.8 Å². The highest BCUT2D eigenvalue weighted by molar-refractivity contribution is 7.93. The normalized spacial score (nSPS) is 11.2. The van der Waals surface area contributed by atoms with Crippen molar-refractivity contribution in [2.24, 2.45) is 0 Å². The van der Waals surface area contributed by atoms with Crippen molar-refractivity contribution in [3.63, 3.8) is 0 Å². The lowest BCUT2D eigenvalue weighted by atomic mass is 10.4. The Balaban J connectivity index is 2.79. The average Bonchev–Trinajstić information content (AvgIpc) is 2.32. The number of carboxylic acid groups (broad SMARTS) is 1. The van der Waals surface area contributed by atoms with Crippen LogP contribution in [0.15, 0.2) is 6.20 Å². The summed E-state index contributed by atoms with van der Waals surface area (Å²) in [6.45, 7) is 1.64. The smallest absolute Gasteiger partial charge is 0.320 e. The number of hydrogen-bond donors (Lipinski definition) is 3. The molecular formula is C6H9N3O4S. The maximum atomic E-state index is 11.1. The first-order chi connectivity index (χ1) is 6.41. The molecule has 78 valence electrons. The third-order valence-corrected chi connectivity index (χ3v) is 2.54. The van der Waals surface area contributed by atoms with Gasteiger partial charge in [0.1, 0.15) is 5.82 Å². The summed E-state index contributed by atoms with van der Waals surface area (Å²) in [4.78, 5) is 10.2. The summed E-state index contributed by atoms with van der Waals surface area (Å²) < 4.78 is 24.3. The van der Waals surface area contributed by atoms with E-state index in [9.17, 15) is 13.2 Å². The van der Waals surface area contributed by atoms with Crippen molar-refractivity contribution in [1.29, 1.82) is 0 Å². The van der Waals surface area contributed by atoms with Gasteiger partial charge in [-0.1, -0.05) is 0 Å². The summed E-state index contributed by atoms with van der Waals surface area (Å²) in [5.41, 5.74) is 0.596. The zero-order valence-corrected chi connectivity index (χ0v) is 8.13. The van der Waals surface area contributed by atoms with Gasteiger partial charge in [0.25, 0.3) is 0 Å². The Kier molecular flexibility index (Phi) is 2.75. The van der Waals surface area contributed by atoms with Crippen molar-refractivity contribution in [2.75, 3.05) is 10.5 Å². The largest absolute Gasteiger partial charge is 0.480 e. The summed E-state index contributed by atoms with van der Waals surface area (Å²) in [6, 6.07) is 0. The Morgan fingerprint density at radius 1 is 1.71 bits per heavy atom. The van der Waals surface area contributed by atoms with Gasteiger partial charge in [0.05, 0.1) is 6.20 Å². The summed E-state index contributed by atoms with van der Waals surface area (Å²) in [6.07, 6.45) is 1.43. The minimum absolute atomic E-state index is 0.186. The van der Waals surface area contributed by atoms with E-state index in [-0.39, 0.29) is 5.82 Å². The predicted molar refractivity (Wildman–Crippen MR) is 48.4 cm³/mol. The van der Waals surface area contributed by atoms with Crippen LogP contribution in [-0.4, -0.2) is 35.4 Å². The van der Waals surface area contributed by atoms with E-state index in [0.717, 1.165) is 0 Å². The summed E-state index contributed by atoms with van der Waals surface area (Å²) in [7, 11) is -3.85. The molecule has 7 nitrogen and oxygen atoms in total. The number of nitrogens with one attached hydrogen (secondary N) is 2. The second-order valence-corrected chi connectivity index (χ2v) is 4.41. The van der Waals surface area contributed by atoms with Crippen LogP contribution in [0, 0.1) is 6.92 Å². The van der Waals surface area contributed by atoms with E-state index >= 15 is 0 Å². The standard InChI is InChI=1S/C6H9N3O4S/c1-4-2-7-8-6(4)9-14(12,13)3-5(10)11/h2H,3H2,1H3,(H,10,11)(H2,7,8,9). The van der Waals surface area contributed by atoms with Gasteiger partial charge in [-0.15, -0.1) is 0 Å². The van der Waals surface area contributed by atoms with Gasteiger partial charge in [-0.25, -0.2) is 8.42 Å². The van der Waals surface area contributed by atoms with Gasteiger partial charge in [0.15, 0.2) is 5.75 Å². The van der Waals surface area contributed by atoms with Crippen LogP contribution in [0.3, 0.4) is 0 Å². The molecule has 0 aliphatic carbocycles. The maximum absolute atomic E-state index is 11.1. The van der Waals surface area contributed by atoms with E-state index < -0.39 is 21.7 Å². The molecule has 1 aromatic rings. The average molecular weight is 219 g/mol. The van der Waals surface area contributed by atoms with Gasteiger partial charge in [0.2, 0.25) is 10.0 Å². The number of carbonyl (C=O) groups is 1. The number of aromatic amines is 1. The highest BCUT2D eigenvalue weighted by atomic mass is 32.2. The Hall–Kier alpha value is -1.57. The second-order valence-electron chi connectivity index (χ2n) is 2.68. The SMILES string of the molecule is Cc1cn[nH]c1NS(=O)(=O)CC(=O)O. The van der Waals surface area contributed by atoms with Crippen LogP contribution in [0.2, 0.25) is 0 Å². The number of sulfonamides is 1. The molecule has 0 aromatic carbocycles. The molecule has 0 amide bonds. The Bertz CT molecular complexity index is 436. The minimum atomic E-state index is -3.85. The van der Waals surface area contributed by atoms with Gasteiger partial charge in [-0.05, 0) is 6.92 Å². The maximum Gasteiger partial charge on any atom is 0.320 e. The lowest BCUT2D eigenvalue weighted by molar-refractivity contribution is -0.134. The van der Waals surface area contributed by atoms with Crippen molar-refractivity contribution < 1.29 is 18.3 Å². The summed E-state index contributed by atoms with van der Waals surface area (Å²) in [5, 5.41) is 14.3. The van der Waals surface area contributed by atoms with Gasteiger partial charge in [-0.2, -0.15) is 5.10 Å². The monoisotopic (exact) mass is 219 g/mol. The fourth-order valence-electron chi connectivity index (χ4n) is 0.804. The van der Waals surface area contributed by atoms with Crippen LogP contribution in [0.25, 0.3) is 0 Å². The van der Waals surface area contributed by atoms with E-state index in [2.05, 4.69) is 14.9 Å². The molecule has 0 aliphatic heterocycles. The number of carboxylic acids is 1. The number of aliphatic carboxylic acids is 1. The fourth-order valence-corrected chi connectivity index (χ4v) is 1.72. The van der Waals surface area contributed by atoms with E-state index in [0.29, 0.717) is 5.56 Å². The van der Waals surface area contributed by atoms with Crippen molar-refractivity contribution in [1.82, 2.24) is 10.2 Å². The molecular weight excluding hydrogens is 210 g/mol. The highest BCUT2D eigenvalue weighted by Gasteiger charge is 2.16. The van der Waals surface area contributed by atoms with E-state index in [1.807, 2.05) is 0 Å². The van der Waals surface area contributed by atoms with Crippen LogP contribution in [0.4, 0.5) is 5.82 Å². The first kappa shape index (κ1) is 10.5. The van der Waals surface area contributed by atoms with E-state index in [1.165, 1.54) is 6.20 Å². The van der Waals surface area contributed by atoms with Crippen LogP contribution >= 0.6 is 0 Å². The predicted octanol–water partition coefficient (Wildman–Crippen LogP) is -0.456. The fraction of sp³-hybridized carbons (Fsp3) is 0.333. The van der Waals surface area contributed by atoms with Crippen molar-refractivity contribution >= 4 is 21.8 Å². The Morgan fingerprint density at radius 3 is 2.79 bits per heavy atom. The number of H-pyrrole nitrogens is 1. The zero-order valence-electron chi connectivity index (χ0n) is 7.31. The van der Waals surface area contributed by atoms with Gasteiger partial charge < -0.3 is 5.11 Å². The molecule has 1 rings (SSSR count). The summed E-state index contributed by atoms with van der Waals surface area (Å²) in [5.74, 6) is -2.19. The third kappa shape index (κ3) is 2.73. The number of anilines is 1. The molecule has 0 saturated carbocycles. The first-order valence-corrected chi connectivity index (χ1v) is 5.28. The van der Waals surface area contributed by atoms with Crippen LogP contribution in [0.1, 0.15) is 5.56 Å². The first-order valence-electron chi connectivity index (χ1n) is 3.63. The number of aromatic nitrogens is 2. The molecule has 0 aliphatic rings. The van der Waals surface area contributed by atoms with Crippen molar-refractivity contribution in [3.8, 4) is 0 Å². The van der Waals surface area contributed by atoms with Gasteiger partial charge >= 0.3 is 5.97 Å². The highest BCUT2D eigenvalue weighted by Crippen LogP contribution is 2.10. The van der Waals surface area contributed by atoms with Gasteiger partial charge in [-0.3, -0.25) is 14.6 Å². The molecule has 8 heteroatoms. The minimum Gasteiger partial charge on any atom is -0.480 e. The Morgan fingerprint density at radius 2 is 2.36 bits per heavy atom. The topological polar surface area (TPSA) is 112 Å². The quantitative estimate of drug-likeness (QED) is 0.634. The van der Waals surface area contributed by atoms with E-state index in [4.69, 9.17) is 5.11 Å². The second kappa shape index (κ2) is 3.66. The molecule has 3 N–H and O–H groups in total. The lowest BCUT2D eigenvalue weighted by Crippen LogP contribution is -2.22. The number of nitrogens with zero attached hydrogens (tertiary/aromatic N) is 1. The molecule has 0 fully saturated rings. The third-order valence-electron chi connectivity index (χ3n) is 1.40. The Labute approximate surface area is 80.2 Å². The number of rotatable bonds is 4. The van der Waals surface area contributed by atoms with Crippen LogP contribution < -0.4 is 4.72 Å². The molecule has 1 aromatic heterocycles. The van der Waals surface area contributed by atoms with Crippen molar-refractivity contribution in [2.45, 2.75) is 6.92 Å². The van der Waals surface area contributed by atoms with Crippen molar-refractivity contribution in [3.05, 3.63) is 11.8 Å². The molecule has 0 atom stereocenters.